The maximum Gasteiger partial charge on any atom is 0.490 e. The van der Waals surface area contributed by atoms with E-state index in [-0.39, 0.29) is 57.1 Å². The van der Waals surface area contributed by atoms with E-state index < -0.39 is 133 Å². The summed E-state index contributed by atoms with van der Waals surface area (Å²) in [7, 11) is 0. The Hall–Kier alpha value is -7.80. The quantitative estimate of drug-likeness (QED) is 0.0210. The number of amides is 8. The number of hydrogen-bond donors (Lipinski definition) is 13. The number of guanidine groups is 1. The lowest BCUT2D eigenvalue weighted by Crippen LogP contribution is -2.60. The van der Waals surface area contributed by atoms with Crippen LogP contribution in [0.25, 0.3) is 0 Å². The van der Waals surface area contributed by atoms with Crippen LogP contribution in [0.3, 0.4) is 0 Å². The zero-order valence-electron chi connectivity index (χ0n) is 38.6. The van der Waals surface area contributed by atoms with E-state index in [0.717, 1.165) is 4.90 Å². The summed E-state index contributed by atoms with van der Waals surface area (Å²) in [6.45, 7) is 2.93. The van der Waals surface area contributed by atoms with E-state index >= 15 is 0 Å². The van der Waals surface area contributed by atoms with Crippen LogP contribution >= 0.6 is 0 Å². The summed E-state index contributed by atoms with van der Waals surface area (Å²) >= 11 is 0. The second kappa shape index (κ2) is 30.7. The summed E-state index contributed by atoms with van der Waals surface area (Å²) in [6.07, 6.45) is -10.6. The van der Waals surface area contributed by atoms with Crippen molar-refractivity contribution in [2.24, 2.45) is 39.6 Å². The minimum absolute atomic E-state index is 0.0214. The first-order chi connectivity index (χ1) is 33.2. The summed E-state index contributed by atoms with van der Waals surface area (Å²) in [4.78, 5) is 138. The number of primary amides is 2. The highest BCUT2D eigenvalue weighted by Gasteiger charge is 2.41. The van der Waals surface area contributed by atoms with Gasteiger partial charge in [0.15, 0.2) is 5.96 Å². The number of carboxylic acids is 3. The Morgan fingerprint density at radius 2 is 1.21 bits per heavy atom. The molecule has 18 N–H and O–H groups in total. The highest BCUT2D eigenvalue weighted by atomic mass is 19.4. The number of nitrogens with zero attached hydrogens (tertiary/aromatic N) is 2. The Balaban J connectivity index is 0.00000312. The number of nitrogens with two attached hydrogens (primary N) is 5. The van der Waals surface area contributed by atoms with Gasteiger partial charge in [-0.05, 0) is 43.6 Å². The third-order valence-electron chi connectivity index (χ3n) is 9.35. The first-order valence-corrected chi connectivity index (χ1v) is 21.2. The van der Waals surface area contributed by atoms with E-state index in [1.54, 1.807) is 44.2 Å². The highest BCUT2D eigenvalue weighted by Crippen LogP contribution is 2.21. The van der Waals surface area contributed by atoms with E-state index in [0.29, 0.717) is 12.0 Å². The smallest absolute Gasteiger partial charge is 0.480 e. The third-order valence-corrected chi connectivity index (χ3v) is 9.35. The van der Waals surface area contributed by atoms with Gasteiger partial charge in [0, 0.05) is 19.5 Å². The van der Waals surface area contributed by atoms with Gasteiger partial charge in [-0.3, -0.25) is 48.1 Å². The fraction of sp³-hybridized carbons (Fsp3) is 0.550. The van der Waals surface area contributed by atoms with Crippen molar-refractivity contribution in [3.63, 3.8) is 0 Å². The molecule has 0 radical (unpaired) electrons. The van der Waals surface area contributed by atoms with Crippen LogP contribution < -0.4 is 55.3 Å². The van der Waals surface area contributed by atoms with Crippen molar-refractivity contribution in [1.82, 2.24) is 31.5 Å². The number of carbonyl (C=O) groups is 11. The van der Waals surface area contributed by atoms with Crippen LogP contribution in [0.4, 0.5) is 26.3 Å². The molecule has 404 valence electrons. The summed E-state index contributed by atoms with van der Waals surface area (Å²) in [6, 6.07) is 0.714. The monoisotopic (exact) mass is 1040 g/mol. The van der Waals surface area contributed by atoms with Crippen molar-refractivity contribution < 1.29 is 94.4 Å². The molecular weight excluding hydrogens is 986 g/mol. The van der Waals surface area contributed by atoms with Crippen molar-refractivity contribution in [3.8, 4) is 0 Å². The lowest BCUT2D eigenvalue weighted by molar-refractivity contribution is -0.193. The van der Waals surface area contributed by atoms with E-state index in [1.807, 2.05) is 0 Å². The number of nitrogens with one attached hydrogen (secondary N) is 5. The standard InChI is InChI=1S/C36H56N12O10.2C2HF3O2/c1-19(2)14-23(45-30(53)21(37)16-27(38)49)33(56)47-25(17-28(39)50)35(58)48-13-7-11-26(48)34(57)44-22(10-6-12-42-36(40)41)32(55)46-24(31(54)43-18-29(51)52)15-20-8-4-3-5-9-20;2*3-2(4,5)1(6)7/h3-5,8-9,19,21-26H,6-7,10-18,37H2,1-2H3,(H2,38,49)(H2,39,50)(H,43,54)(H,44,57)(H,45,53)(H,46,55)(H,47,56)(H,51,52)(H4,40,41,42);2*(H,6,7)/t21-,22-,23-,24-,25-,26-;;/m0../s1. The Bertz CT molecular complexity index is 2070. The van der Waals surface area contributed by atoms with Crippen molar-refractivity contribution in [2.45, 2.75) is 114 Å². The molecule has 1 aliphatic rings. The Morgan fingerprint density at radius 3 is 1.68 bits per heavy atom. The Morgan fingerprint density at radius 1 is 0.708 bits per heavy atom. The number of aliphatic carboxylic acids is 3. The van der Waals surface area contributed by atoms with Crippen LogP contribution in [-0.4, -0.2) is 160 Å². The lowest BCUT2D eigenvalue weighted by Gasteiger charge is -2.31. The maximum absolute atomic E-state index is 14.0. The molecule has 1 aromatic carbocycles. The molecule has 32 heteroatoms. The number of carboxylic acid groups (broad SMARTS) is 3. The second-order valence-corrected chi connectivity index (χ2v) is 15.9. The fourth-order valence-corrected chi connectivity index (χ4v) is 6.13. The highest BCUT2D eigenvalue weighted by molar-refractivity contribution is 5.98. The molecule has 0 spiro atoms. The largest absolute Gasteiger partial charge is 0.490 e. The molecule has 1 fully saturated rings. The number of benzene rings is 1. The summed E-state index contributed by atoms with van der Waals surface area (Å²) in [5.41, 5.74) is 27.8. The molecule has 0 aliphatic carbocycles. The fourth-order valence-electron chi connectivity index (χ4n) is 6.13. The zero-order chi connectivity index (χ0) is 55.7. The minimum Gasteiger partial charge on any atom is -0.480 e. The molecule has 2 rings (SSSR count). The summed E-state index contributed by atoms with van der Waals surface area (Å²) < 4.78 is 63.5. The van der Waals surface area contributed by atoms with Gasteiger partial charge in [0.2, 0.25) is 47.3 Å². The molecule has 26 nitrogen and oxygen atoms in total. The number of hydrogen-bond acceptors (Lipinski definition) is 13. The van der Waals surface area contributed by atoms with Gasteiger partial charge in [0.05, 0.1) is 18.9 Å². The molecule has 0 bridgehead atoms. The maximum atomic E-state index is 14.0. The molecule has 1 saturated heterocycles. The SMILES string of the molecule is CC(C)C[C@H](NC(=O)[C@@H](N)CC(N)=O)C(=O)N[C@@H](CC(N)=O)C(=O)N1CCC[C@H]1C(=O)N[C@@H](CCCN=C(N)N)C(=O)N[C@@H](Cc1ccccc1)C(=O)NCC(=O)O.O=C(O)C(F)(F)F.O=C(O)C(F)(F)F. The van der Waals surface area contributed by atoms with Gasteiger partial charge >= 0.3 is 30.3 Å². The molecule has 1 aromatic rings. The first-order valence-electron chi connectivity index (χ1n) is 21.2. The van der Waals surface area contributed by atoms with E-state index in [9.17, 15) is 69.5 Å². The van der Waals surface area contributed by atoms with Crippen molar-refractivity contribution >= 4 is 71.1 Å². The van der Waals surface area contributed by atoms with Crippen LogP contribution in [0.2, 0.25) is 0 Å². The second-order valence-electron chi connectivity index (χ2n) is 15.9. The number of carbonyl (C=O) groups excluding carboxylic acids is 8. The van der Waals surface area contributed by atoms with Crippen molar-refractivity contribution in [1.29, 1.82) is 0 Å². The third kappa shape index (κ3) is 26.3. The van der Waals surface area contributed by atoms with Gasteiger partial charge in [-0.2, -0.15) is 26.3 Å². The van der Waals surface area contributed by atoms with Gasteiger partial charge in [0.1, 0.15) is 36.8 Å². The topological polar surface area (TPSA) is 454 Å². The molecule has 1 aliphatic heterocycles. The van der Waals surface area contributed by atoms with E-state index in [1.165, 1.54) is 0 Å². The van der Waals surface area contributed by atoms with Crippen LogP contribution in [0.5, 0.6) is 0 Å². The molecule has 8 amide bonds. The lowest BCUT2D eigenvalue weighted by atomic mass is 10.0. The number of aliphatic imine (C=N–C) groups is 1. The Labute approximate surface area is 405 Å². The zero-order valence-corrected chi connectivity index (χ0v) is 38.6. The Kier molecular flexibility index (Phi) is 27.4. The van der Waals surface area contributed by atoms with Gasteiger partial charge in [-0.25, -0.2) is 9.59 Å². The average molecular weight is 1040 g/mol. The van der Waals surface area contributed by atoms with Gasteiger partial charge in [0.25, 0.3) is 0 Å². The van der Waals surface area contributed by atoms with Gasteiger partial charge in [-0.15, -0.1) is 0 Å². The molecule has 6 atom stereocenters. The molecule has 1 heterocycles. The average Bonchev–Trinajstić information content (AvgIpc) is 3.75. The molecular formula is C40H58F6N12O14. The predicted octanol–water partition coefficient (Wildman–Crippen LogP) is -3.20. The molecule has 0 saturated carbocycles. The van der Waals surface area contributed by atoms with Crippen LogP contribution in [0, 0.1) is 5.92 Å². The number of rotatable bonds is 24. The van der Waals surface area contributed by atoms with E-state index in [2.05, 4.69) is 31.6 Å². The minimum atomic E-state index is -5.08. The van der Waals surface area contributed by atoms with Crippen LogP contribution in [0.1, 0.15) is 64.4 Å². The summed E-state index contributed by atoms with van der Waals surface area (Å²) in [5, 5.41) is 35.8. The van der Waals surface area contributed by atoms with Crippen LogP contribution in [0.15, 0.2) is 35.3 Å². The van der Waals surface area contributed by atoms with Crippen molar-refractivity contribution in [3.05, 3.63) is 35.9 Å². The van der Waals surface area contributed by atoms with Gasteiger partial charge < -0.3 is 75.5 Å². The number of alkyl halides is 6. The molecule has 72 heavy (non-hydrogen) atoms. The van der Waals surface area contributed by atoms with Crippen LogP contribution in [-0.2, 0) is 59.2 Å². The molecule has 0 aromatic heterocycles. The predicted molar refractivity (Wildman–Crippen MR) is 236 cm³/mol. The first kappa shape index (κ1) is 64.2. The van der Waals surface area contributed by atoms with E-state index in [4.69, 9.17) is 53.6 Å². The van der Waals surface area contributed by atoms with Crippen molar-refractivity contribution in [2.75, 3.05) is 19.6 Å². The number of halogens is 6. The summed E-state index contributed by atoms with van der Waals surface area (Å²) in [5.74, 6) is -13.9. The number of likely N-dealkylation sites (tertiary alicyclic amines) is 1. The van der Waals surface area contributed by atoms with Gasteiger partial charge in [-0.1, -0.05) is 44.2 Å². The normalized spacial score (nSPS) is 15.1. The molecule has 0 unspecified atom stereocenters.